The average Bonchev–Trinajstić information content (AvgIpc) is 2.53. The zero-order valence-corrected chi connectivity index (χ0v) is 14.5. The van der Waals surface area contributed by atoms with Crippen molar-refractivity contribution in [2.24, 2.45) is 5.92 Å². The smallest absolute Gasteiger partial charge is 0.437 e. The maximum Gasteiger partial charge on any atom is 0.437 e. The van der Waals surface area contributed by atoms with Crippen LogP contribution in [0.4, 0.5) is 22.0 Å². The summed E-state index contributed by atoms with van der Waals surface area (Å²) in [6.07, 6.45) is -5.27. The number of hydrogen-bond acceptors (Lipinski definition) is 5. The average molecular weight is 414 g/mol. The van der Waals surface area contributed by atoms with Crippen LogP contribution in [0, 0.1) is 5.92 Å². The minimum atomic E-state index is -5.27. The molecular weight excluding hydrogens is 399 g/mol. The Balaban J connectivity index is 2.47. The van der Waals surface area contributed by atoms with Gasteiger partial charge in [-0.2, -0.15) is 22.0 Å². The third-order valence-electron chi connectivity index (χ3n) is 3.81. The van der Waals surface area contributed by atoms with Gasteiger partial charge in [0.2, 0.25) is 0 Å². The highest BCUT2D eigenvalue weighted by Crippen LogP contribution is 2.43. The minimum Gasteiger partial charge on any atom is -0.466 e. The molecule has 0 amide bonds. The van der Waals surface area contributed by atoms with Gasteiger partial charge in [0.15, 0.2) is 5.11 Å². The fourth-order valence-electron chi connectivity index (χ4n) is 2.67. The molecule has 3 atom stereocenters. The number of rotatable bonds is 5. The molecule has 27 heavy (non-hydrogen) atoms. The number of halogens is 5. The number of esters is 1. The van der Waals surface area contributed by atoms with E-state index >= 15 is 0 Å². The van der Waals surface area contributed by atoms with Gasteiger partial charge in [-0.25, -0.2) is 0 Å². The zero-order valence-electron chi connectivity index (χ0n) is 13.7. The summed E-state index contributed by atoms with van der Waals surface area (Å²) in [4.78, 5) is 12.2. The molecule has 150 valence electrons. The van der Waals surface area contributed by atoms with Gasteiger partial charge in [0.1, 0.15) is 11.7 Å². The Hall–Kier alpha value is -2.21. The molecule has 0 aliphatic carbocycles. The monoisotopic (exact) mass is 414 g/mol. The van der Waals surface area contributed by atoms with Gasteiger partial charge in [-0.15, -0.1) is 0 Å². The third-order valence-corrected chi connectivity index (χ3v) is 4.03. The van der Waals surface area contributed by atoms with Crippen LogP contribution in [0.15, 0.2) is 24.3 Å². The highest BCUT2D eigenvalue weighted by atomic mass is 32.1. The number of benzene rings is 1. The van der Waals surface area contributed by atoms with Gasteiger partial charge in [0.05, 0.1) is 12.6 Å². The number of hydrogen-bond donors (Lipinski definition) is 3. The van der Waals surface area contributed by atoms with Crippen molar-refractivity contribution in [2.75, 3.05) is 6.61 Å². The van der Waals surface area contributed by atoms with Gasteiger partial charge in [-0.05, 0) is 36.8 Å². The summed E-state index contributed by atoms with van der Waals surface area (Å²) in [5.41, 5.74) is -3.62. The van der Waals surface area contributed by atoms with E-state index in [9.17, 15) is 31.9 Å². The summed E-state index contributed by atoms with van der Waals surface area (Å²) >= 11 is 4.73. The molecule has 1 aromatic rings. The van der Waals surface area contributed by atoms with Crippen LogP contribution >= 0.6 is 12.2 Å². The van der Waals surface area contributed by atoms with Crippen molar-refractivity contribution in [1.82, 2.24) is 10.6 Å². The molecule has 1 saturated heterocycles. The van der Waals surface area contributed by atoms with Crippen molar-refractivity contribution >= 4 is 23.3 Å². The maximum absolute atomic E-state index is 13.5. The van der Waals surface area contributed by atoms with E-state index in [1.54, 1.807) is 5.32 Å². The molecule has 6 nitrogen and oxygen atoms in total. The Labute approximate surface area is 155 Å². The van der Waals surface area contributed by atoms with Crippen molar-refractivity contribution in [2.45, 2.75) is 31.5 Å². The first-order chi connectivity index (χ1) is 12.5. The van der Waals surface area contributed by atoms with E-state index in [-0.39, 0.29) is 17.9 Å². The molecule has 12 heteroatoms. The van der Waals surface area contributed by atoms with E-state index in [4.69, 9.17) is 12.2 Å². The Bertz CT molecular complexity index is 700. The van der Waals surface area contributed by atoms with Crippen LogP contribution in [0.2, 0.25) is 0 Å². The van der Waals surface area contributed by atoms with E-state index in [2.05, 4.69) is 14.8 Å². The summed E-state index contributed by atoms with van der Waals surface area (Å²) in [7, 11) is 0. The molecule has 1 heterocycles. The number of ether oxygens (including phenoxy) is 2. The van der Waals surface area contributed by atoms with Gasteiger partial charge >= 0.3 is 18.8 Å². The molecule has 0 radical (unpaired) electrons. The third kappa shape index (κ3) is 4.38. The van der Waals surface area contributed by atoms with Gasteiger partial charge in [-0.3, -0.25) is 4.79 Å². The molecule has 0 bridgehead atoms. The molecular formula is C15H15F5N2O4S. The van der Waals surface area contributed by atoms with Gasteiger partial charge in [0, 0.05) is 0 Å². The lowest BCUT2D eigenvalue weighted by Gasteiger charge is -2.45. The predicted octanol–water partition coefficient (Wildman–Crippen LogP) is 2.24. The van der Waals surface area contributed by atoms with Crippen LogP contribution in [0.1, 0.15) is 18.5 Å². The first-order valence-electron chi connectivity index (χ1n) is 7.58. The Morgan fingerprint density at radius 1 is 1.33 bits per heavy atom. The molecule has 2 rings (SSSR count). The van der Waals surface area contributed by atoms with Crippen LogP contribution in [0.5, 0.6) is 5.75 Å². The number of thiocarbonyl (C=S) groups is 1. The molecule has 1 aliphatic heterocycles. The zero-order chi connectivity index (χ0) is 20.4. The largest absolute Gasteiger partial charge is 0.466 e. The van der Waals surface area contributed by atoms with Crippen molar-refractivity contribution < 1.29 is 41.3 Å². The van der Waals surface area contributed by atoms with Crippen LogP contribution in [-0.4, -0.2) is 41.3 Å². The van der Waals surface area contributed by atoms with E-state index in [0.29, 0.717) is 0 Å². The molecule has 1 aliphatic rings. The standard InChI is InChI=1S/C15H15F5N2O4S/c1-2-25-11(23)9-10(7-3-5-8(6-4-7)26-12(16)17)21-13(27)22-14(9,24)15(18,19)20/h3-6,9-10,12,24H,2H2,1H3,(H2,21,22,27)/t9-,10+,14+/m0/s1. The first kappa shape index (κ1) is 21.1. The normalized spacial score (nSPS) is 25.6. The van der Waals surface area contributed by atoms with Crippen molar-refractivity contribution in [3.8, 4) is 5.75 Å². The van der Waals surface area contributed by atoms with Gasteiger partial charge in [-0.1, -0.05) is 12.1 Å². The van der Waals surface area contributed by atoms with Crippen molar-refractivity contribution in [3.05, 3.63) is 29.8 Å². The summed E-state index contributed by atoms with van der Waals surface area (Å²) in [6.45, 7) is -1.91. The van der Waals surface area contributed by atoms with Gasteiger partial charge in [0.25, 0.3) is 5.72 Å². The van der Waals surface area contributed by atoms with E-state index in [0.717, 1.165) is 12.1 Å². The second-order valence-electron chi connectivity index (χ2n) is 5.52. The topological polar surface area (TPSA) is 79.8 Å². The second-order valence-corrected chi connectivity index (χ2v) is 5.93. The van der Waals surface area contributed by atoms with E-state index < -0.39 is 41.6 Å². The fraction of sp³-hybridized carbons (Fsp3) is 0.467. The molecule has 1 fully saturated rings. The minimum absolute atomic E-state index is 0.0706. The molecule has 1 aromatic carbocycles. The SMILES string of the molecule is CCOC(=O)[C@@H]1[C@@H](c2ccc(OC(F)F)cc2)NC(=S)N[C@]1(O)C(F)(F)F. The van der Waals surface area contributed by atoms with Crippen LogP contribution in [0.25, 0.3) is 0 Å². The van der Waals surface area contributed by atoms with E-state index in [1.165, 1.54) is 19.1 Å². The molecule has 0 spiro atoms. The Morgan fingerprint density at radius 3 is 2.41 bits per heavy atom. The molecule has 0 aromatic heterocycles. The number of alkyl halides is 5. The number of nitrogens with one attached hydrogen (secondary N) is 2. The fourth-order valence-corrected chi connectivity index (χ4v) is 2.95. The number of carbonyl (C=O) groups excluding carboxylic acids is 1. The quantitative estimate of drug-likeness (QED) is 0.387. The summed E-state index contributed by atoms with van der Waals surface area (Å²) < 4.78 is 73.9. The summed E-state index contributed by atoms with van der Waals surface area (Å²) in [6, 6.07) is 3.08. The van der Waals surface area contributed by atoms with Crippen LogP contribution < -0.4 is 15.4 Å². The van der Waals surface area contributed by atoms with Crippen LogP contribution in [0.3, 0.4) is 0 Å². The maximum atomic E-state index is 13.5. The predicted molar refractivity (Wildman–Crippen MR) is 85.8 cm³/mol. The highest BCUT2D eigenvalue weighted by Gasteiger charge is 2.66. The molecule has 0 unspecified atom stereocenters. The summed E-state index contributed by atoms with van der Waals surface area (Å²) in [5, 5.41) is 13.9. The molecule has 3 N–H and O–H groups in total. The summed E-state index contributed by atoms with van der Waals surface area (Å²) in [5.74, 6) is -3.72. The van der Waals surface area contributed by atoms with Crippen LogP contribution in [-0.2, 0) is 9.53 Å². The lowest BCUT2D eigenvalue weighted by molar-refractivity contribution is -0.292. The Kier molecular flexibility index (Phi) is 6.10. The lowest BCUT2D eigenvalue weighted by atomic mass is 9.82. The number of aliphatic hydroxyl groups is 1. The highest BCUT2D eigenvalue weighted by molar-refractivity contribution is 7.80. The second kappa shape index (κ2) is 7.80. The number of carbonyl (C=O) groups is 1. The molecule has 0 saturated carbocycles. The van der Waals surface area contributed by atoms with Crippen molar-refractivity contribution in [1.29, 1.82) is 0 Å². The van der Waals surface area contributed by atoms with Gasteiger partial charge < -0.3 is 25.2 Å². The van der Waals surface area contributed by atoms with Crippen molar-refractivity contribution in [3.63, 3.8) is 0 Å². The lowest BCUT2D eigenvalue weighted by Crippen LogP contribution is -2.73. The van der Waals surface area contributed by atoms with E-state index in [1.807, 2.05) is 0 Å². The first-order valence-corrected chi connectivity index (χ1v) is 7.99. The Morgan fingerprint density at radius 2 is 1.93 bits per heavy atom.